The number of hydrogen-bond donors (Lipinski definition) is 1. The molecule has 1 aliphatic heterocycles. The van der Waals surface area contributed by atoms with Gasteiger partial charge in [0.15, 0.2) is 0 Å². The van der Waals surface area contributed by atoms with Crippen LogP contribution >= 0.6 is 12.4 Å². The fraction of sp³-hybridized carbons (Fsp3) is 0.556. The first-order valence-electron chi connectivity index (χ1n) is 8.25. The monoisotopic (exact) mass is 362 g/mol. The summed E-state index contributed by atoms with van der Waals surface area (Å²) in [5.41, 5.74) is 0.408. The minimum Gasteiger partial charge on any atom is -0.314 e. The van der Waals surface area contributed by atoms with Gasteiger partial charge < -0.3 is 5.32 Å². The largest absolute Gasteiger partial charge is 0.416 e. The molecule has 0 unspecified atom stereocenters. The van der Waals surface area contributed by atoms with Crippen molar-refractivity contribution < 1.29 is 13.2 Å². The predicted molar refractivity (Wildman–Crippen MR) is 94.5 cm³/mol. The predicted octanol–water partition coefficient (Wildman–Crippen LogP) is 4.82. The van der Waals surface area contributed by atoms with Gasteiger partial charge in [-0.3, -0.25) is 4.90 Å². The average molecular weight is 363 g/mol. The Morgan fingerprint density at radius 2 is 1.75 bits per heavy atom. The summed E-state index contributed by atoms with van der Waals surface area (Å²) < 4.78 is 38.2. The number of nitrogens with zero attached hydrogens (tertiary/aromatic N) is 1. The van der Waals surface area contributed by atoms with E-state index >= 15 is 0 Å². The molecule has 0 saturated carbocycles. The Bertz CT molecular complexity index is 482. The lowest BCUT2D eigenvalue weighted by molar-refractivity contribution is -0.137. The van der Waals surface area contributed by atoms with E-state index in [4.69, 9.17) is 0 Å². The maximum Gasteiger partial charge on any atom is 0.416 e. The number of benzene rings is 1. The minimum atomic E-state index is -4.27. The van der Waals surface area contributed by atoms with Gasteiger partial charge in [0.2, 0.25) is 0 Å². The smallest absolute Gasteiger partial charge is 0.314 e. The molecule has 0 radical (unpaired) electrons. The van der Waals surface area contributed by atoms with Crippen LogP contribution in [-0.4, -0.2) is 31.1 Å². The number of piperazine rings is 1. The number of allylic oxidation sites excluding steroid dienone is 1. The second-order valence-electron chi connectivity index (χ2n) is 5.99. The van der Waals surface area contributed by atoms with Crippen LogP contribution in [0.2, 0.25) is 0 Å². The maximum atomic E-state index is 12.7. The van der Waals surface area contributed by atoms with Gasteiger partial charge in [0.05, 0.1) is 5.56 Å². The first-order chi connectivity index (χ1) is 11.0. The van der Waals surface area contributed by atoms with E-state index in [0.29, 0.717) is 0 Å². The summed E-state index contributed by atoms with van der Waals surface area (Å²) in [5, 5.41) is 3.32. The molecule has 2 rings (SSSR count). The van der Waals surface area contributed by atoms with Crippen LogP contribution in [0.4, 0.5) is 13.2 Å². The Morgan fingerprint density at radius 3 is 2.29 bits per heavy atom. The molecule has 1 heterocycles. The number of halogens is 4. The zero-order valence-corrected chi connectivity index (χ0v) is 14.6. The number of alkyl halides is 3. The van der Waals surface area contributed by atoms with E-state index in [1.54, 1.807) is 12.1 Å². The molecule has 6 heteroatoms. The van der Waals surface area contributed by atoms with Crippen LogP contribution in [0.3, 0.4) is 0 Å². The van der Waals surface area contributed by atoms with E-state index < -0.39 is 11.7 Å². The van der Waals surface area contributed by atoms with Crippen LogP contribution in [0.15, 0.2) is 36.9 Å². The third-order valence-electron chi connectivity index (χ3n) is 4.35. The second-order valence-corrected chi connectivity index (χ2v) is 5.99. The minimum absolute atomic E-state index is 0. The number of hydrogen-bond acceptors (Lipinski definition) is 2. The van der Waals surface area contributed by atoms with Crippen LogP contribution in [0, 0.1) is 0 Å². The van der Waals surface area contributed by atoms with Gasteiger partial charge in [0, 0.05) is 32.2 Å². The van der Waals surface area contributed by atoms with Gasteiger partial charge in [-0.25, -0.2) is 0 Å². The van der Waals surface area contributed by atoms with Crippen molar-refractivity contribution in [1.82, 2.24) is 10.2 Å². The molecule has 0 aliphatic carbocycles. The van der Waals surface area contributed by atoms with E-state index in [1.165, 1.54) is 12.1 Å². The zero-order chi connectivity index (χ0) is 16.7. The normalized spacial score (nSPS) is 17.1. The van der Waals surface area contributed by atoms with Crippen LogP contribution in [0.1, 0.15) is 42.9 Å². The Labute approximate surface area is 148 Å². The molecule has 24 heavy (non-hydrogen) atoms. The summed E-state index contributed by atoms with van der Waals surface area (Å²) in [5.74, 6) is 0. The molecule has 0 bridgehead atoms. The maximum absolute atomic E-state index is 12.7. The molecule has 1 aliphatic rings. The first-order valence-corrected chi connectivity index (χ1v) is 8.25. The van der Waals surface area contributed by atoms with Crippen molar-refractivity contribution in [3.05, 3.63) is 48.0 Å². The number of unbranched alkanes of at least 4 members (excludes halogenated alkanes) is 2. The summed E-state index contributed by atoms with van der Waals surface area (Å²) >= 11 is 0. The van der Waals surface area contributed by atoms with Crippen LogP contribution in [0.25, 0.3) is 0 Å². The fourth-order valence-corrected chi connectivity index (χ4v) is 3.07. The van der Waals surface area contributed by atoms with E-state index in [0.717, 1.165) is 57.4 Å². The molecule has 2 nitrogen and oxygen atoms in total. The van der Waals surface area contributed by atoms with E-state index in [1.807, 2.05) is 6.08 Å². The van der Waals surface area contributed by atoms with Gasteiger partial charge in [-0.15, -0.1) is 19.0 Å². The van der Waals surface area contributed by atoms with Crippen molar-refractivity contribution in [3.8, 4) is 0 Å². The Balaban J connectivity index is 0.00000288. The van der Waals surface area contributed by atoms with Crippen LogP contribution < -0.4 is 5.32 Å². The highest BCUT2D eigenvalue weighted by atomic mass is 35.5. The van der Waals surface area contributed by atoms with Crippen LogP contribution in [-0.2, 0) is 6.18 Å². The van der Waals surface area contributed by atoms with Crippen LogP contribution in [0.5, 0.6) is 0 Å². The molecule has 0 spiro atoms. The molecule has 1 atom stereocenters. The van der Waals surface area contributed by atoms with Gasteiger partial charge in [-0.1, -0.05) is 24.6 Å². The lowest BCUT2D eigenvalue weighted by atomic mass is 9.97. The van der Waals surface area contributed by atoms with E-state index in [2.05, 4.69) is 16.8 Å². The molecule has 1 N–H and O–H groups in total. The number of nitrogens with one attached hydrogen (secondary N) is 1. The van der Waals surface area contributed by atoms with Crippen molar-refractivity contribution in [2.24, 2.45) is 0 Å². The molecular weight excluding hydrogens is 337 g/mol. The van der Waals surface area contributed by atoms with Crippen molar-refractivity contribution >= 4 is 12.4 Å². The van der Waals surface area contributed by atoms with Crippen molar-refractivity contribution in [3.63, 3.8) is 0 Å². The zero-order valence-electron chi connectivity index (χ0n) is 13.8. The number of rotatable bonds is 7. The summed E-state index contributed by atoms with van der Waals surface area (Å²) in [4.78, 5) is 2.38. The fourth-order valence-electron chi connectivity index (χ4n) is 3.07. The van der Waals surface area contributed by atoms with Gasteiger partial charge in [0.25, 0.3) is 0 Å². The highest BCUT2D eigenvalue weighted by Gasteiger charge is 2.30. The lowest BCUT2D eigenvalue weighted by Gasteiger charge is -2.35. The van der Waals surface area contributed by atoms with E-state index in [9.17, 15) is 13.2 Å². The summed E-state index contributed by atoms with van der Waals surface area (Å²) in [6.45, 7) is 7.48. The quantitative estimate of drug-likeness (QED) is 0.552. The third kappa shape index (κ3) is 6.11. The van der Waals surface area contributed by atoms with Crippen molar-refractivity contribution in [2.75, 3.05) is 26.2 Å². The highest BCUT2D eigenvalue weighted by molar-refractivity contribution is 5.85. The van der Waals surface area contributed by atoms with Gasteiger partial charge >= 0.3 is 6.18 Å². The van der Waals surface area contributed by atoms with Gasteiger partial charge in [-0.2, -0.15) is 13.2 Å². The molecule has 0 aromatic heterocycles. The molecular formula is C18H26ClF3N2. The molecule has 136 valence electrons. The second kappa shape index (κ2) is 10.1. The standard InChI is InChI=1S/C18H25F3N2.ClH/c1-2-3-4-5-6-17(23-13-11-22-12-14-23)15-7-9-16(10-8-15)18(19,20)21;/h2,7-10,17,22H,1,3-6,11-14H2;1H/t17-;/m0./s1. The molecule has 1 fully saturated rings. The SMILES string of the molecule is C=CCCCC[C@@H](c1ccc(C(F)(F)F)cc1)N1CCNCC1.Cl. The Kier molecular flexibility index (Phi) is 8.81. The lowest BCUT2D eigenvalue weighted by Crippen LogP contribution is -2.45. The molecule has 1 aromatic carbocycles. The summed E-state index contributed by atoms with van der Waals surface area (Å²) in [7, 11) is 0. The van der Waals surface area contributed by atoms with E-state index in [-0.39, 0.29) is 18.4 Å². The topological polar surface area (TPSA) is 15.3 Å². The summed E-state index contributed by atoms with van der Waals surface area (Å²) in [6, 6.07) is 5.89. The third-order valence-corrected chi connectivity index (χ3v) is 4.35. The Hall–Kier alpha value is -1.04. The highest BCUT2D eigenvalue weighted by Crippen LogP contribution is 2.32. The van der Waals surface area contributed by atoms with Crippen molar-refractivity contribution in [1.29, 1.82) is 0 Å². The van der Waals surface area contributed by atoms with Crippen molar-refractivity contribution in [2.45, 2.75) is 37.9 Å². The van der Waals surface area contributed by atoms with Gasteiger partial charge in [0.1, 0.15) is 0 Å². The summed E-state index contributed by atoms with van der Waals surface area (Å²) in [6.07, 6.45) is 1.74. The molecule has 1 aromatic rings. The Morgan fingerprint density at radius 1 is 1.12 bits per heavy atom. The molecule has 0 amide bonds. The first kappa shape index (κ1) is 21.0. The molecule has 1 saturated heterocycles. The average Bonchev–Trinajstić information content (AvgIpc) is 2.55. The van der Waals surface area contributed by atoms with Gasteiger partial charge in [-0.05, 0) is 37.0 Å².